The van der Waals surface area contributed by atoms with Gasteiger partial charge in [0.2, 0.25) is 5.91 Å². The number of aromatic nitrogens is 3. The lowest BCUT2D eigenvalue weighted by atomic mass is 9.88. The summed E-state index contributed by atoms with van der Waals surface area (Å²) in [4.78, 5) is 12.5. The van der Waals surface area contributed by atoms with Gasteiger partial charge < -0.3 is 10.1 Å². The van der Waals surface area contributed by atoms with E-state index in [9.17, 15) is 4.79 Å². The first-order valence-corrected chi connectivity index (χ1v) is 6.97. The van der Waals surface area contributed by atoms with Crippen molar-refractivity contribution in [2.24, 2.45) is 5.92 Å². The molecule has 104 valence electrons. The van der Waals surface area contributed by atoms with Gasteiger partial charge in [-0.2, -0.15) is 0 Å². The standard InChI is InChI=1S/C14H16N4O2/c1-8-4-5-18-7-15-17-13(18)12(8)16-14(19)10-6-9-2-3-11(10)20-9/h4-5,7,9-11H,2-3,6H2,1H3,(H,16,19). The second-order valence-electron chi connectivity index (χ2n) is 5.64. The summed E-state index contributed by atoms with van der Waals surface area (Å²) < 4.78 is 7.56. The Kier molecular flexibility index (Phi) is 2.53. The van der Waals surface area contributed by atoms with Crippen LogP contribution < -0.4 is 5.32 Å². The molecular weight excluding hydrogens is 256 g/mol. The van der Waals surface area contributed by atoms with Crippen LogP contribution in [0.15, 0.2) is 18.6 Å². The van der Waals surface area contributed by atoms with E-state index < -0.39 is 0 Å². The van der Waals surface area contributed by atoms with Crippen molar-refractivity contribution < 1.29 is 9.53 Å². The maximum absolute atomic E-state index is 12.5. The first kappa shape index (κ1) is 11.8. The highest BCUT2D eigenvalue weighted by atomic mass is 16.5. The first-order valence-electron chi connectivity index (χ1n) is 6.97. The van der Waals surface area contributed by atoms with Crippen LogP contribution in [-0.2, 0) is 9.53 Å². The van der Waals surface area contributed by atoms with Gasteiger partial charge in [-0.05, 0) is 37.8 Å². The number of carbonyl (C=O) groups is 1. The van der Waals surface area contributed by atoms with Crippen LogP contribution in [0.1, 0.15) is 24.8 Å². The number of hydrogen-bond donors (Lipinski definition) is 1. The monoisotopic (exact) mass is 272 g/mol. The Morgan fingerprint density at radius 1 is 1.50 bits per heavy atom. The Morgan fingerprint density at radius 3 is 3.15 bits per heavy atom. The molecule has 3 unspecified atom stereocenters. The Bertz CT molecular complexity index is 681. The topological polar surface area (TPSA) is 68.5 Å². The maximum atomic E-state index is 12.5. The van der Waals surface area contributed by atoms with Gasteiger partial charge in [0.25, 0.3) is 0 Å². The molecule has 2 fully saturated rings. The molecule has 2 aliphatic heterocycles. The highest BCUT2D eigenvalue weighted by Crippen LogP contribution is 2.39. The SMILES string of the molecule is Cc1ccn2cnnc2c1NC(=O)C1CC2CCC1O2. The van der Waals surface area contributed by atoms with Crippen LogP contribution in [0.3, 0.4) is 0 Å². The minimum Gasteiger partial charge on any atom is -0.374 e. The number of nitrogens with zero attached hydrogens (tertiary/aromatic N) is 3. The number of ether oxygens (including phenoxy) is 1. The van der Waals surface area contributed by atoms with Crippen molar-refractivity contribution in [1.29, 1.82) is 0 Å². The van der Waals surface area contributed by atoms with Gasteiger partial charge in [-0.25, -0.2) is 0 Å². The number of fused-ring (bicyclic) bond motifs is 3. The number of rotatable bonds is 2. The molecule has 2 aromatic rings. The Labute approximate surface area is 116 Å². The second-order valence-corrected chi connectivity index (χ2v) is 5.64. The molecule has 3 atom stereocenters. The minimum absolute atomic E-state index is 0.0312. The van der Waals surface area contributed by atoms with E-state index in [-0.39, 0.29) is 24.0 Å². The number of pyridine rings is 1. The van der Waals surface area contributed by atoms with Crippen LogP contribution in [-0.4, -0.2) is 32.7 Å². The van der Waals surface area contributed by atoms with Crippen LogP contribution in [0.25, 0.3) is 5.65 Å². The molecule has 6 heteroatoms. The Hall–Kier alpha value is -1.95. The number of carbonyl (C=O) groups excluding carboxylic acids is 1. The van der Waals surface area contributed by atoms with Crippen molar-refractivity contribution >= 4 is 17.2 Å². The number of hydrogen-bond acceptors (Lipinski definition) is 4. The van der Waals surface area contributed by atoms with Crippen LogP contribution in [0.4, 0.5) is 5.69 Å². The molecule has 4 heterocycles. The van der Waals surface area contributed by atoms with Gasteiger partial charge in [0.1, 0.15) is 6.33 Å². The summed E-state index contributed by atoms with van der Waals surface area (Å²) in [6.45, 7) is 1.96. The highest BCUT2D eigenvalue weighted by Gasteiger charge is 2.44. The van der Waals surface area contributed by atoms with E-state index in [2.05, 4.69) is 15.5 Å². The van der Waals surface area contributed by atoms with Gasteiger partial charge in [-0.3, -0.25) is 9.20 Å². The van der Waals surface area contributed by atoms with E-state index in [1.807, 2.05) is 19.2 Å². The van der Waals surface area contributed by atoms with Crippen molar-refractivity contribution in [3.8, 4) is 0 Å². The summed E-state index contributed by atoms with van der Waals surface area (Å²) in [6.07, 6.45) is 6.82. The minimum atomic E-state index is -0.0312. The summed E-state index contributed by atoms with van der Waals surface area (Å²) in [7, 11) is 0. The fourth-order valence-corrected chi connectivity index (χ4v) is 3.27. The molecule has 1 N–H and O–H groups in total. The number of nitrogens with one attached hydrogen (secondary N) is 1. The van der Waals surface area contributed by atoms with Gasteiger partial charge in [0.05, 0.1) is 23.8 Å². The zero-order valence-corrected chi connectivity index (χ0v) is 11.2. The largest absolute Gasteiger partial charge is 0.374 e. The normalized spacial score (nSPS) is 28.1. The molecule has 0 spiro atoms. The smallest absolute Gasteiger partial charge is 0.230 e. The van der Waals surface area contributed by atoms with E-state index in [0.717, 1.165) is 30.5 Å². The Morgan fingerprint density at radius 2 is 2.40 bits per heavy atom. The fraction of sp³-hybridized carbons (Fsp3) is 0.500. The molecule has 6 nitrogen and oxygen atoms in total. The van der Waals surface area contributed by atoms with E-state index in [1.54, 1.807) is 10.7 Å². The number of aryl methyl sites for hydroxylation is 1. The van der Waals surface area contributed by atoms with Gasteiger partial charge >= 0.3 is 0 Å². The van der Waals surface area contributed by atoms with Crippen LogP contribution in [0.2, 0.25) is 0 Å². The second kappa shape index (κ2) is 4.28. The molecule has 2 bridgehead atoms. The molecule has 0 aliphatic carbocycles. The summed E-state index contributed by atoms with van der Waals surface area (Å²) in [5, 5.41) is 11.0. The van der Waals surface area contributed by atoms with Crippen LogP contribution in [0.5, 0.6) is 0 Å². The predicted molar refractivity (Wildman–Crippen MR) is 72.4 cm³/mol. The molecular formula is C14H16N4O2. The highest BCUT2D eigenvalue weighted by molar-refractivity contribution is 5.97. The van der Waals surface area contributed by atoms with Crippen molar-refractivity contribution in [2.45, 2.75) is 38.4 Å². The van der Waals surface area contributed by atoms with Crippen molar-refractivity contribution in [3.63, 3.8) is 0 Å². The molecule has 0 radical (unpaired) electrons. The summed E-state index contributed by atoms with van der Waals surface area (Å²) in [5.41, 5.74) is 2.42. The van der Waals surface area contributed by atoms with E-state index >= 15 is 0 Å². The first-order chi connectivity index (χ1) is 9.72. The van der Waals surface area contributed by atoms with E-state index in [4.69, 9.17) is 4.74 Å². The molecule has 2 saturated heterocycles. The molecule has 2 aliphatic rings. The lowest BCUT2D eigenvalue weighted by molar-refractivity contribution is -0.121. The number of amides is 1. The van der Waals surface area contributed by atoms with Crippen molar-refractivity contribution in [1.82, 2.24) is 14.6 Å². The summed E-state index contributed by atoms with van der Waals surface area (Å²) >= 11 is 0. The summed E-state index contributed by atoms with van der Waals surface area (Å²) in [5.74, 6) is 0.00716. The predicted octanol–water partition coefficient (Wildman–Crippen LogP) is 1.54. The fourth-order valence-electron chi connectivity index (χ4n) is 3.27. The van der Waals surface area contributed by atoms with Gasteiger partial charge in [0, 0.05) is 6.20 Å². The van der Waals surface area contributed by atoms with Gasteiger partial charge in [0.15, 0.2) is 5.65 Å². The molecule has 0 saturated carbocycles. The average Bonchev–Trinajstić information content (AvgIpc) is 3.15. The molecule has 4 rings (SSSR count). The zero-order valence-electron chi connectivity index (χ0n) is 11.2. The van der Waals surface area contributed by atoms with Gasteiger partial charge in [-0.15, -0.1) is 10.2 Å². The summed E-state index contributed by atoms with van der Waals surface area (Å²) in [6, 6.07) is 1.95. The third-order valence-electron chi connectivity index (χ3n) is 4.37. The maximum Gasteiger partial charge on any atom is 0.230 e. The quantitative estimate of drug-likeness (QED) is 0.900. The third kappa shape index (κ3) is 1.71. The lowest BCUT2D eigenvalue weighted by Crippen LogP contribution is -2.30. The molecule has 0 aromatic carbocycles. The zero-order chi connectivity index (χ0) is 13.7. The molecule has 2 aromatic heterocycles. The van der Waals surface area contributed by atoms with Crippen LogP contribution >= 0.6 is 0 Å². The van der Waals surface area contributed by atoms with Crippen molar-refractivity contribution in [3.05, 3.63) is 24.2 Å². The third-order valence-corrected chi connectivity index (χ3v) is 4.37. The van der Waals surface area contributed by atoms with Crippen LogP contribution in [0, 0.1) is 12.8 Å². The van der Waals surface area contributed by atoms with E-state index in [1.165, 1.54) is 0 Å². The van der Waals surface area contributed by atoms with Gasteiger partial charge in [-0.1, -0.05) is 0 Å². The lowest BCUT2D eigenvalue weighted by Gasteiger charge is -2.18. The number of anilines is 1. The molecule has 1 amide bonds. The Balaban J connectivity index is 1.62. The van der Waals surface area contributed by atoms with Crippen molar-refractivity contribution in [2.75, 3.05) is 5.32 Å². The van der Waals surface area contributed by atoms with E-state index in [0.29, 0.717) is 5.65 Å². The molecule has 20 heavy (non-hydrogen) atoms. The average molecular weight is 272 g/mol.